The summed E-state index contributed by atoms with van der Waals surface area (Å²) in [6.07, 6.45) is 0.686. The van der Waals surface area contributed by atoms with Crippen molar-refractivity contribution in [3.05, 3.63) is 77.6 Å². The molecule has 0 unspecified atom stereocenters. The largest absolute Gasteiger partial charge is 0.490 e. The smallest absolute Gasteiger partial charge is 0.475 e. The van der Waals surface area contributed by atoms with Gasteiger partial charge in [0, 0.05) is 24.5 Å². The summed E-state index contributed by atoms with van der Waals surface area (Å²) in [4.78, 5) is 30.9. The molecule has 2 N–H and O–H groups in total. The molecule has 4 aromatic heterocycles. The van der Waals surface area contributed by atoms with Crippen LogP contribution in [0.1, 0.15) is 15.9 Å². The van der Waals surface area contributed by atoms with Crippen LogP contribution in [0.2, 0.25) is 0 Å². The number of aliphatic carboxylic acids is 1. The molecule has 0 radical (unpaired) electrons. The van der Waals surface area contributed by atoms with E-state index in [1.165, 1.54) is 0 Å². The molecule has 9 nitrogen and oxygen atoms in total. The van der Waals surface area contributed by atoms with E-state index in [0.29, 0.717) is 40.4 Å². The Morgan fingerprint density at radius 2 is 1.86 bits per heavy atom. The summed E-state index contributed by atoms with van der Waals surface area (Å²) < 4.78 is 42.7. The van der Waals surface area contributed by atoms with E-state index < -0.39 is 12.1 Å². The number of halogens is 3. The van der Waals surface area contributed by atoms with Gasteiger partial charge in [0.05, 0.1) is 10.3 Å². The number of alkyl halides is 3. The van der Waals surface area contributed by atoms with Gasteiger partial charge in [0.15, 0.2) is 5.58 Å². The highest BCUT2D eigenvalue weighted by Crippen LogP contribution is 2.31. The van der Waals surface area contributed by atoms with Crippen molar-refractivity contribution in [2.75, 3.05) is 6.54 Å². The van der Waals surface area contributed by atoms with Gasteiger partial charge in [-0.25, -0.2) is 9.78 Å². The molecule has 5 aromatic rings. The van der Waals surface area contributed by atoms with E-state index in [1.54, 1.807) is 48.2 Å². The van der Waals surface area contributed by atoms with E-state index >= 15 is 0 Å². The first kappa shape index (κ1) is 25.6. The molecule has 0 fully saturated rings. The minimum atomic E-state index is -5.08. The van der Waals surface area contributed by atoms with Gasteiger partial charge in [-0.15, -0.1) is 11.3 Å². The summed E-state index contributed by atoms with van der Waals surface area (Å²) in [6.45, 7) is 0.533. The Morgan fingerprint density at radius 1 is 1.11 bits per heavy atom. The average Bonchev–Trinajstić information content (AvgIpc) is 3.64. The Bertz CT molecular complexity index is 1500. The molecule has 0 saturated carbocycles. The fourth-order valence-corrected chi connectivity index (χ4v) is 3.79. The number of carboxylic acids is 1. The van der Waals surface area contributed by atoms with Crippen molar-refractivity contribution in [2.24, 2.45) is 0 Å². The van der Waals surface area contributed by atoms with E-state index in [2.05, 4.69) is 20.4 Å². The lowest BCUT2D eigenvalue weighted by Gasteiger charge is -2.05. The van der Waals surface area contributed by atoms with Crippen LogP contribution >= 0.6 is 11.3 Å². The number of hydrogen-bond acceptors (Lipinski definition) is 8. The first-order valence-corrected chi connectivity index (χ1v) is 11.5. The molecule has 1 amide bonds. The molecule has 5 rings (SSSR count). The average molecular weight is 530 g/mol. The summed E-state index contributed by atoms with van der Waals surface area (Å²) in [7, 11) is 0. The fraction of sp³-hybridized carbons (Fsp3) is 0.125. The Hall–Kier alpha value is -4.52. The highest BCUT2D eigenvalue weighted by molar-refractivity contribution is 7.13. The highest BCUT2D eigenvalue weighted by atomic mass is 32.1. The lowest BCUT2D eigenvalue weighted by molar-refractivity contribution is -0.192. The van der Waals surface area contributed by atoms with Crippen LogP contribution in [-0.4, -0.2) is 44.8 Å². The molecule has 13 heteroatoms. The first-order chi connectivity index (χ1) is 17.7. The normalized spacial score (nSPS) is 11.1. The van der Waals surface area contributed by atoms with Gasteiger partial charge in [-0.3, -0.25) is 9.78 Å². The summed E-state index contributed by atoms with van der Waals surface area (Å²) in [5, 5.41) is 16.9. The predicted octanol–water partition coefficient (Wildman–Crippen LogP) is 5.21. The number of amides is 1. The number of nitrogens with one attached hydrogen (secondary N) is 1. The summed E-state index contributed by atoms with van der Waals surface area (Å²) in [5.74, 6) is -2.38. The van der Waals surface area contributed by atoms with Crippen LogP contribution in [0.3, 0.4) is 0 Å². The zero-order valence-electron chi connectivity index (χ0n) is 18.7. The van der Waals surface area contributed by atoms with Crippen molar-refractivity contribution < 1.29 is 36.8 Å². The maximum atomic E-state index is 12.6. The van der Waals surface area contributed by atoms with Crippen molar-refractivity contribution in [3.63, 3.8) is 0 Å². The van der Waals surface area contributed by atoms with E-state index in [1.807, 2.05) is 29.6 Å². The second kappa shape index (κ2) is 11.0. The molecule has 1 aromatic carbocycles. The van der Waals surface area contributed by atoms with E-state index in [0.717, 1.165) is 16.9 Å². The van der Waals surface area contributed by atoms with Gasteiger partial charge in [0.1, 0.15) is 17.7 Å². The molecular weight excluding hydrogens is 513 g/mol. The van der Waals surface area contributed by atoms with Crippen molar-refractivity contribution in [1.82, 2.24) is 20.4 Å². The molecule has 0 spiro atoms. The number of fused-ring (bicyclic) bond motifs is 1. The molecule has 0 aliphatic heterocycles. The second-order valence-corrected chi connectivity index (χ2v) is 8.37. The van der Waals surface area contributed by atoms with Gasteiger partial charge in [0.25, 0.3) is 5.91 Å². The summed E-state index contributed by atoms with van der Waals surface area (Å²) in [6, 6.07) is 13.0. The van der Waals surface area contributed by atoms with Crippen LogP contribution in [0.5, 0.6) is 0 Å². The fourth-order valence-electron chi connectivity index (χ4n) is 3.13. The Balaban J connectivity index is 0.000000405. The number of rotatable bonds is 6. The number of hydrogen-bond donors (Lipinski definition) is 2. The van der Waals surface area contributed by atoms with Crippen LogP contribution in [0.4, 0.5) is 13.2 Å². The number of nitrogens with zero attached hydrogens (tertiary/aromatic N) is 3. The quantitative estimate of drug-likeness (QED) is 0.306. The Kier molecular flexibility index (Phi) is 7.63. The maximum Gasteiger partial charge on any atom is 0.490 e. The van der Waals surface area contributed by atoms with Crippen LogP contribution in [-0.2, 0) is 11.2 Å². The topological polar surface area (TPSA) is 131 Å². The third-order valence-corrected chi connectivity index (χ3v) is 5.76. The van der Waals surface area contributed by atoms with E-state index in [9.17, 15) is 18.0 Å². The zero-order chi connectivity index (χ0) is 26.4. The molecule has 0 bridgehead atoms. The van der Waals surface area contributed by atoms with Crippen molar-refractivity contribution >= 4 is 34.2 Å². The van der Waals surface area contributed by atoms with Crippen LogP contribution in [0, 0.1) is 0 Å². The second-order valence-electron chi connectivity index (χ2n) is 7.42. The number of benzene rings is 1. The number of aromatic nitrogens is 3. The van der Waals surface area contributed by atoms with Crippen molar-refractivity contribution in [2.45, 2.75) is 12.6 Å². The minimum Gasteiger partial charge on any atom is -0.475 e. The maximum absolute atomic E-state index is 12.6. The molecular formula is C24H17F3N4O5S. The van der Waals surface area contributed by atoms with Crippen molar-refractivity contribution in [3.8, 4) is 22.2 Å². The van der Waals surface area contributed by atoms with Crippen LogP contribution < -0.4 is 5.32 Å². The Labute approximate surface area is 210 Å². The number of oxazole rings is 1. The van der Waals surface area contributed by atoms with Gasteiger partial charge in [-0.1, -0.05) is 11.2 Å². The van der Waals surface area contributed by atoms with Crippen LogP contribution in [0.15, 0.2) is 75.4 Å². The van der Waals surface area contributed by atoms with Crippen molar-refractivity contribution in [1.29, 1.82) is 0 Å². The van der Waals surface area contributed by atoms with Crippen LogP contribution in [0.25, 0.3) is 33.1 Å². The lowest BCUT2D eigenvalue weighted by atomic mass is 10.1. The SMILES string of the molecule is O=C(NCCc1ccncc1)c1ccc2onc(-c3coc(-c4cccs4)n3)c2c1.O=C(O)C(F)(F)F. The Morgan fingerprint density at radius 3 is 2.54 bits per heavy atom. The molecule has 0 aliphatic carbocycles. The van der Waals surface area contributed by atoms with Gasteiger partial charge in [-0.2, -0.15) is 13.2 Å². The standard InChI is InChI=1S/C22H16N4O3S.C2HF3O2/c27-21(24-10-7-14-5-8-23-9-6-14)15-3-4-18-16(12-15)20(26-29-18)17-13-28-22(25-17)19-2-1-11-30-19;3-2(4,5)1(6)7/h1-6,8-9,11-13H,7,10H2,(H,24,27);(H,6,7). The predicted molar refractivity (Wildman–Crippen MR) is 127 cm³/mol. The highest BCUT2D eigenvalue weighted by Gasteiger charge is 2.38. The van der Waals surface area contributed by atoms with E-state index in [-0.39, 0.29) is 5.91 Å². The van der Waals surface area contributed by atoms with Gasteiger partial charge in [-0.05, 0) is 53.8 Å². The molecule has 190 valence electrons. The van der Waals surface area contributed by atoms with Gasteiger partial charge < -0.3 is 19.4 Å². The number of carboxylic acid groups (broad SMARTS) is 1. The minimum absolute atomic E-state index is 0.155. The molecule has 4 heterocycles. The zero-order valence-corrected chi connectivity index (χ0v) is 19.5. The summed E-state index contributed by atoms with van der Waals surface area (Å²) >= 11 is 1.55. The molecule has 0 atom stereocenters. The monoisotopic (exact) mass is 530 g/mol. The van der Waals surface area contributed by atoms with Gasteiger partial charge in [0.2, 0.25) is 5.89 Å². The summed E-state index contributed by atoms with van der Waals surface area (Å²) in [5.41, 5.74) is 3.34. The number of carbonyl (C=O) groups excluding carboxylic acids is 1. The number of pyridine rings is 1. The third kappa shape index (κ3) is 6.38. The number of carbonyl (C=O) groups is 2. The number of thiophene rings is 1. The first-order valence-electron chi connectivity index (χ1n) is 10.6. The molecule has 37 heavy (non-hydrogen) atoms. The third-order valence-electron chi connectivity index (χ3n) is 4.90. The molecule has 0 saturated heterocycles. The molecule has 0 aliphatic rings. The lowest BCUT2D eigenvalue weighted by Crippen LogP contribution is -2.25. The van der Waals surface area contributed by atoms with E-state index in [4.69, 9.17) is 18.8 Å². The van der Waals surface area contributed by atoms with Gasteiger partial charge >= 0.3 is 12.1 Å².